The number of hydrogen-bond donors (Lipinski definition) is 0. The first-order chi connectivity index (χ1) is 2.84. The highest BCUT2D eigenvalue weighted by Gasteiger charge is 2.17. The predicted molar refractivity (Wildman–Crippen MR) is 22.8 cm³/mol. The predicted octanol–water partition coefficient (Wildman–Crippen LogP) is 0.993. The molecule has 1 nitrogen and oxygen atoms in total. The molecule has 0 aliphatic heterocycles. The summed E-state index contributed by atoms with van der Waals surface area (Å²) in [5.41, 5.74) is 1.27. The second-order valence-corrected chi connectivity index (χ2v) is 1.68. The van der Waals surface area contributed by atoms with E-state index in [2.05, 4.69) is 0 Å². The van der Waals surface area contributed by atoms with Crippen LogP contribution in [0.15, 0.2) is 11.6 Å². The van der Waals surface area contributed by atoms with Gasteiger partial charge in [-0.25, -0.2) is 5.11 Å². The molecule has 1 radical (unpaired) electrons. The van der Waals surface area contributed by atoms with Gasteiger partial charge in [0, 0.05) is 5.92 Å². The van der Waals surface area contributed by atoms with E-state index in [4.69, 9.17) is 0 Å². The highest BCUT2D eigenvalue weighted by atomic mass is 16.3. The lowest BCUT2D eigenvalue weighted by molar-refractivity contribution is 0.184. The Hall–Kier alpha value is -0.300. The molecule has 1 atom stereocenters. The third kappa shape index (κ3) is 0.455. The van der Waals surface area contributed by atoms with E-state index in [1.54, 1.807) is 0 Å². The molecule has 1 unspecified atom stereocenters. The van der Waals surface area contributed by atoms with Crippen molar-refractivity contribution in [3.8, 4) is 0 Å². The van der Waals surface area contributed by atoms with E-state index in [0.717, 1.165) is 0 Å². The maximum absolute atomic E-state index is 9.85. The summed E-state index contributed by atoms with van der Waals surface area (Å²) in [6, 6.07) is 0. The molecule has 0 saturated carbocycles. The van der Waals surface area contributed by atoms with E-state index >= 15 is 0 Å². The van der Waals surface area contributed by atoms with Gasteiger partial charge in [-0.15, -0.1) is 0 Å². The van der Waals surface area contributed by atoms with Crippen LogP contribution >= 0.6 is 0 Å². The van der Waals surface area contributed by atoms with Crippen molar-refractivity contribution in [1.82, 2.24) is 0 Å². The molecular formula is C5H7O. The van der Waals surface area contributed by atoms with Gasteiger partial charge in [0.2, 0.25) is 0 Å². The lowest BCUT2D eigenvalue weighted by Crippen LogP contribution is -1.82. The second-order valence-electron chi connectivity index (χ2n) is 1.68. The van der Waals surface area contributed by atoms with E-state index < -0.39 is 0 Å². The van der Waals surface area contributed by atoms with E-state index in [1.807, 2.05) is 13.0 Å². The largest absolute Gasteiger partial charge is 0.236 e. The minimum atomic E-state index is 0.0613. The van der Waals surface area contributed by atoms with E-state index in [1.165, 1.54) is 5.57 Å². The molecule has 0 saturated heterocycles. The fraction of sp³-hybridized carbons (Fsp3) is 0.600. The normalized spacial score (nSPS) is 29.7. The number of rotatable bonds is 1. The van der Waals surface area contributed by atoms with Crippen molar-refractivity contribution in [3.05, 3.63) is 11.6 Å². The van der Waals surface area contributed by atoms with Crippen molar-refractivity contribution in [2.45, 2.75) is 6.92 Å². The van der Waals surface area contributed by atoms with Crippen molar-refractivity contribution < 1.29 is 5.11 Å². The molecule has 6 heavy (non-hydrogen) atoms. The second kappa shape index (κ2) is 1.09. The van der Waals surface area contributed by atoms with Crippen LogP contribution < -0.4 is 0 Å². The molecule has 0 N–H and O–H groups in total. The standard InChI is InChI=1S/C5H7O/c1-4-2-5(4)3-6/h2,5H,3H2,1H3. The van der Waals surface area contributed by atoms with E-state index in [0.29, 0.717) is 5.92 Å². The monoisotopic (exact) mass is 83.0 g/mol. The summed E-state index contributed by atoms with van der Waals surface area (Å²) in [5, 5.41) is 9.85. The molecule has 0 spiro atoms. The molecule has 0 aromatic carbocycles. The fourth-order valence-corrected chi connectivity index (χ4v) is 0.449. The first-order valence-corrected chi connectivity index (χ1v) is 2.11. The van der Waals surface area contributed by atoms with Gasteiger partial charge in [0.25, 0.3) is 0 Å². The summed E-state index contributed by atoms with van der Waals surface area (Å²) in [6.45, 7) is 2.05. The zero-order valence-corrected chi connectivity index (χ0v) is 3.77. The molecule has 33 valence electrons. The molecule has 0 heterocycles. The Morgan fingerprint density at radius 3 is 2.50 bits per heavy atom. The number of hydrogen-bond acceptors (Lipinski definition) is 0. The van der Waals surface area contributed by atoms with Crippen molar-refractivity contribution in [2.75, 3.05) is 6.61 Å². The molecule has 1 heteroatoms. The van der Waals surface area contributed by atoms with Gasteiger partial charge in [0.15, 0.2) is 0 Å². The van der Waals surface area contributed by atoms with Crippen LogP contribution in [-0.4, -0.2) is 6.61 Å². The smallest absolute Gasteiger partial charge is 0.0922 e. The van der Waals surface area contributed by atoms with Crippen LogP contribution in [0.1, 0.15) is 6.92 Å². The Morgan fingerprint density at radius 1 is 2.00 bits per heavy atom. The summed E-state index contributed by atoms with van der Waals surface area (Å²) in [6.07, 6.45) is 1.99. The Balaban J connectivity index is 2.18. The Bertz CT molecular complexity index is 83.9. The third-order valence-electron chi connectivity index (χ3n) is 1.12. The fourth-order valence-electron chi connectivity index (χ4n) is 0.449. The molecule has 1 aliphatic carbocycles. The van der Waals surface area contributed by atoms with E-state index in [-0.39, 0.29) is 6.61 Å². The molecule has 1 rings (SSSR count). The van der Waals surface area contributed by atoms with E-state index in [9.17, 15) is 5.11 Å². The topological polar surface area (TPSA) is 19.9 Å². The highest BCUT2D eigenvalue weighted by molar-refractivity contribution is 5.26. The van der Waals surface area contributed by atoms with Gasteiger partial charge < -0.3 is 0 Å². The van der Waals surface area contributed by atoms with Crippen LogP contribution in [0.2, 0.25) is 0 Å². The third-order valence-corrected chi connectivity index (χ3v) is 1.12. The van der Waals surface area contributed by atoms with Gasteiger partial charge in [0.1, 0.15) is 0 Å². The SMILES string of the molecule is CC1=CC1C[O]. The first-order valence-electron chi connectivity index (χ1n) is 2.11. The van der Waals surface area contributed by atoms with Crippen molar-refractivity contribution in [3.63, 3.8) is 0 Å². The van der Waals surface area contributed by atoms with Gasteiger partial charge in [0.05, 0.1) is 6.61 Å². The Labute approximate surface area is 37.3 Å². The lowest BCUT2D eigenvalue weighted by atomic mass is 10.3. The van der Waals surface area contributed by atoms with Crippen LogP contribution in [0.3, 0.4) is 0 Å². The van der Waals surface area contributed by atoms with Crippen molar-refractivity contribution in [1.29, 1.82) is 0 Å². The van der Waals surface area contributed by atoms with Gasteiger partial charge in [-0.05, 0) is 6.92 Å². The van der Waals surface area contributed by atoms with Crippen LogP contribution in [-0.2, 0) is 5.11 Å². The van der Waals surface area contributed by atoms with Gasteiger partial charge in [-0.3, -0.25) is 0 Å². The summed E-state index contributed by atoms with van der Waals surface area (Å²) in [7, 11) is 0. The molecule has 0 bridgehead atoms. The average Bonchev–Trinajstić information content (AvgIpc) is 2.19. The molecule has 0 fully saturated rings. The van der Waals surface area contributed by atoms with Crippen LogP contribution in [0.5, 0.6) is 0 Å². The van der Waals surface area contributed by atoms with Crippen LogP contribution in [0.25, 0.3) is 0 Å². The average molecular weight is 83.1 g/mol. The molecule has 1 aliphatic rings. The minimum absolute atomic E-state index is 0.0613. The van der Waals surface area contributed by atoms with Gasteiger partial charge in [-0.2, -0.15) is 0 Å². The van der Waals surface area contributed by atoms with Gasteiger partial charge >= 0.3 is 0 Å². The highest BCUT2D eigenvalue weighted by Crippen LogP contribution is 2.26. The Kier molecular flexibility index (Phi) is 0.701. The lowest BCUT2D eigenvalue weighted by Gasteiger charge is -1.78. The maximum atomic E-state index is 9.85. The molecule has 0 amide bonds. The zero-order chi connectivity index (χ0) is 4.57. The first kappa shape index (κ1) is 3.88. The molecule has 0 aromatic heterocycles. The summed E-state index contributed by atoms with van der Waals surface area (Å²) < 4.78 is 0. The summed E-state index contributed by atoms with van der Waals surface area (Å²) in [4.78, 5) is 0. The quantitative estimate of drug-likeness (QED) is 0.421. The minimum Gasteiger partial charge on any atom is -0.236 e. The zero-order valence-electron chi connectivity index (χ0n) is 3.77. The van der Waals surface area contributed by atoms with Gasteiger partial charge in [-0.1, -0.05) is 11.6 Å². The van der Waals surface area contributed by atoms with Crippen LogP contribution in [0, 0.1) is 5.92 Å². The summed E-state index contributed by atoms with van der Waals surface area (Å²) in [5.74, 6) is 0.338. The van der Waals surface area contributed by atoms with Crippen molar-refractivity contribution >= 4 is 0 Å². The maximum Gasteiger partial charge on any atom is 0.0922 e. The van der Waals surface area contributed by atoms with Crippen LogP contribution in [0.4, 0.5) is 0 Å². The van der Waals surface area contributed by atoms with Crippen molar-refractivity contribution in [2.24, 2.45) is 5.92 Å². The molecule has 0 aromatic rings. The molecular weight excluding hydrogens is 76.1 g/mol. The Morgan fingerprint density at radius 2 is 2.50 bits per heavy atom. The summed E-state index contributed by atoms with van der Waals surface area (Å²) >= 11 is 0.